The Hall–Kier alpha value is -3.43. The molecule has 4 heterocycles. The van der Waals surface area contributed by atoms with Gasteiger partial charge in [0.15, 0.2) is 5.82 Å². The normalized spacial score (nSPS) is 18.3. The molecule has 3 aromatic rings. The van der Waals surface area contributed by atoms with Gasteiger partial charge in [0.25, 0.3) is 0 Å². The quantitative estimate of drug-likeness (QED) is 0.330. The van der Waals surface area contributed by atoms with Crippen molar-refractivity contribution in [2.75, 3.05) is 45.2 Å². The van der Waals surface area contributed by atoms with E-state index in [9.17, 15) is 4.39 Å². The van der Waals surface area contributed by atoms with Gasteiger partial charge in [-0.05, 0) is 81.5 Å². The molecule has 0 amide bonds. The van der Waals surface area contributed by atoms with Gasteiger partial charge in [0.2, 0.25) is 0 Å². The van der Waals surface area contributed by atoms with E-state index in [1.807, 2.05) is 26.8 Å². The summed E-state index contributed by atoms with van der Waals surface area (Å²) in [7, 11) is 3.91. The van der Waals surface area contributed by atoms with Gasteiger partial charge >= 0.3 is 0 Å². The SMILES string of the molecule is C=CN.CCC1=C(F)CCc2cc(C)cc(-c3ncc4c(N5CCCCC5)nc(CC)nc4c3F)c21.COC1CCN(C)C1. The molecule has 238 valence electrons. The van der Waals surface area contributed by atoms with Gasteiger partial charge in [0, 0.05) is 57.9 Å². The second kappa shape index (κ2) is 15.5. The van der Waals surface area contributed by atoms with E-state index in [2.05, 4.69) is 45.2 Å². The molecule has 1 unspecified atom stereocenters. The summed E-state index contributed by atoms with van der Waals surface area (Å²) in [6.07, 6.45) is 10.3. The molecule has 2 fully saturated rings. The average molecular weight is 607 g/mol. The van der Waals surface area contributed by atoms with Crippen LogP contribution in [0.1, 0.15) is 74.9 Å². The number of nitrogens with zero attached hydrogens (tertiary/aromatic N) is 5. The molecule has 2 aliphatic heterocycles. The minimum Gasteiger partial charge on any atom is -0.405 e. The molecular formula is C35H48F2N6O. The number of anilines is 1. The molecule has 2 saturated heterocycles. The van der Waals surface area contributed by atoms with Crippen LogP contribution in [0.25, 0.3) is 27.7 Å². The Morgan fingerprint density at radius 3 is 2.39 bits per heavy atom. The highest BCUT2D eigenvalue weighted by Crippen LogP contribution is 2.42. The van der Waals surface area contributed by atoms with Gasteiger partial charge in [0.05, 0.1) is 11.5 Å². The Bertz CT molecular complexity index is 1480. The highest BCUT2D eigenvalue weighted by molar-refractivity contribution is 5.93. The van der Waals surface area contributed by atoms with Crippen molar-refractivity contribution in [3.8, 4) is 11.3 Å². The number of rotatable bonds is 5. The molecule has 1 aromatic carbocycles. The number of benzene rings is 1. The molecule has 3 aliphatic rings. The largest absolute Gasteiger partial charge is 0.405 e. The number of hydrogen-bond acceptors (Lipinski definition) is 7. The molecule has 1 atom stereocenters. The summed E-state index contributed by atoms with van der Waals surface area (Å²) in [4.78, 5) is 18.5. The Morgan fingerprint density at radius 2 is 1.80 bits per heavy atom. The number of fused-ring (bicyclic) bond motifs is 2. The van der Waals surface area contributed by atoms with Crippen molar-refractivity contribution in [2.45, 2.75) is 78.2 Å². The summed E-state index contributed by atoms with van der Waals surface area (Å²) in [5, 5.41) is 0.648. The lowest BCUT2D eigenvalue weighted by Gasteiger charge is -2.29. The van der Waals surface area contributed by atoms with Crippen molar-refractivity contribution in [1.29, 1.82) is 0 Å². The first kappa shape index (κ1) is 33.5. The van der Waals surface area contributed by atoms with E-state index < -0.39 is 5.82 Å². The Kier molecular flexibility index (Phi) is 11.8. The molecule has 0 bridgehead atoms. The minimum absolute atomic E-state index is 0.0979. The third-order valence-corrected chi connectivity index (χ3v) is 8.58. The van der Waals surface area contributed by atoms with Crippen LogP contribution in [0.2, 0.25) is 0 Å². The maximum absolute atomic E-state index is 16.2. The fourth-order valence-corrected chi connectivity index (χ4v) is 6.37. The number of methoxy groups -OCH3 is 1. The first-order valence-electron chi connectivity index (χ1n) is 15.9. The molecule has 0 radical (unpaired) electrons. The van der Waals surface area contributed by atoms with Gasteiger partial charge in [-0.25, -0.2) is 18.7 Å². The average Bonchev–Trinajstić information content (AvgIpc) is 3.47. The first-order chi connectivity index (χ1) is 21.3. The second-order valence-electron chi connectivity index (χ2n) is 11.8. The van der Waals surface area contributed by atoms with Crippen LogP contribution in [0.15, 0.2) is 36.9 Å². The number of halogens is 2. The Balaban J connectivity index is 0.000000342. The number of ether oxygens (including phenoxy) is 1. The highest BCUT2D eigenvalue weighted by atomic mass is 19.1. The number of allylic oxidation sites excluding steroid dienone is 2. The van der Waals surface area contributed by atoms with Crippen LogP contribution in [0, 0.1) is 12.7 Å². The van der Waals surface area contributed by atoms with Crippen LogP contribution in [0.4, 0.5) is 14.6 Å². The van der Waals surface area contributed by atoms with Crippen molar-refractivity contribution >= 4 is 22.3 Å². The van der Waals surface area contributed by atoms with Crippen LogP contribution in [0.5, 0.6) is 0 Å². The van der Waals surface area contributed by atoms with Gasteiger partial charge in [0.1, 0.15) is 28.7 Å². The molecule has 1 aliphatic carbocycles. The van der Waals surface area contributed by atoms with Gasteiger partial charge < -0.3 is 20.3 Å². The maximum Gasteiger partial charge on any atom is 0.175 e. The molecule has 6 rings (SSSR count). The number of nitrogens with two attached hydrogens (primary N) is 1. The Morgan fingerprint density at radius 1 is 1.07 bits per heavy atom. The van der Waals surface area contributed by atoms with Gasteiger partial charge in [-0.15, -0.1) is 0 Å². The van der Waals surface area contributed by atoms with E-state index in [-0.39, 0.29) is 11.5 Å². The molecular weight excluding hydrogens is 558 g/mol. The number of aromatic nitrogens is 3. The van der Waals surface area contributed by atoms with E-state index in [4.69, 9.17) is 9.72 Å². The first-order valence-corrected chi connectivity index (χ1v) is 15.9. The summed E-state index contributed by atoms with van der Waals surface area (Å²) in [5.74, 6) is 0.864. The van der Waals surface area contributed by atoms with Gasteiger partial charge in [-0.2, -0.15) is 0 Å². The third kappa shape index (κ3) is 7.44. The fourth-order valence-electron chi connectivity index (χ4n) is 6.37. The summed E-state index contributed by atoms with van der Waals surface area (Å²) in [5.41, 5.74) is 9.38. The highest BCUT2D eigenvalue weighted by Gasteiger charge is 2.27. The number of aryl methyl sites for hydroxylation is 3. The van der Waals surface area contributed by atoms with Gasteiger partial charge in [-0.3, -0.25) is 4.98 Å². The summed E-state index contributed by atoms with van der Waals surface area (Å²) in [6, 6.07) is 4.02. The van der Waals surface area contributed by atoms with Crippen LogP contribution in [-0.2, 0) is 17.6 Å². The minimum atomic E-state index is -0.447. The molecule has 44 heavy (non-hydrogen) atoms. The molecule has 0 spiro atoms. The number of piperidine rings is 1. The summed E-state index contributed by atoms with van der Waals surface area (Å²) < 4.78 is 36.1. The van der Waals surface area contributed by atoms with E-state index in [1.165, 1.54) is 25.6 Å². The van der Waals surface area contributed by atoms with E-state index in [1.54, 1.807) is 13.3 Å². The number of pyridine rings is 1. The zero-order valence-electron chi connectivity index (χ0n) is 27.1. The number of hydrogen-bond donors (Lipinski definition) is 1. The lowest BCUT2D eigenvalue weighted by Crippen LogP contribution is -2.30. The standard InChI is InChI=1S/C27H30F2N4.C6H13NO.C2H5N/c1-4-18-21(28)10-9-17-13-16(3)14-19(23(17)18)25-24(29)26-20(15-30-25)27(32-22(5-2)31-26)33-11-7-6-8-12-33;1-7-4-3-6(5-7)8-2;1-2-3/h13-15H,4-12H2,1-3H3;6H,3-5H2,1-2H3;2H,1,3H2. The molecule has 7 nitrogen and oxygen atoms in total. The Labute approximate surface area is 261 Å². The monoisotopic (exact) mass is 606 g/mol. The summed E-state index contributed by atoms with van der Waals surface area (Å²) in [6.45, 7) is 13.2. The van der Waals surface area contributed by atoms with E-state index >= 15 is 4.39 Å². The van der Waals surface area contributed by atoms with Gasteiger partial charge in [-0.1, -0.05) is 32.1 Å². The van der Waals surface area contributed by atoms with Crippen molar-refractivity contribution in [3.05, 3.63) is 65.3 Å². The molecule has 0 saturated carbocycles. The topological polar surface area (TPSA) is 80.4 Å². The predicted molar refractivity (Wildman–Crippen MR) is 177 cm³/mol. The lowest BCUT2D eigenvalue weighted by atomic mass is 9.83. The lowest BCUT2D eigenvalue weighted by molar-refractivity contribution is 0.111. The molecule has 2 aromatic heterocycles. The molecule has 9 heteroatoms. The van der Waals surface area contributed by atoms with Crippen LogP contribution in [-0.4, -0.2) is 66.3 Å². The summed E-state index contributed by atoms with van der Waals surface area (Å²) >= 11 is 0. The van der Waals surface area contributed by atoms with E-state index in [0.717, 1.165) is 55.0 Å². The fraction of sp³-hybridized carbons (Fsp3) is 0.514. The van der Waals surface area contributed by atoms with Crippen molar-refractivity contribution in [2.24, 2.45) is 5.73 Å². The van der Waals surface area contributed by atoms with Crippen molar-refractivity contribution in [1.82, 2.24) is 19.9 Å². The van der Waals surface area contributed by atoms with Crippen molar-refractivity contribution in [3.63, 3.8) is 0 Å². The number of likely N-dealkylation sites (N-methyl/N-ethyl adjacent to an activating group) is 1. The number of likely N-dealkylation sites (tertiary alicyclic amines) is 1. The molecule has 2 N–H and O–H groups in total. The predicted octanol–water partition coefficient (Wildman–Crippen LogP) is 7.15. The van der Waals surface area contributed by atoms with Crippen LogP contribution < -0.4 is 10.6 Å². The van der Waals surface area contributed by atoms with Crippen molar-refractivity contribution < 1.29 is 13.5 Å². The third-order valence-electron chi connectivity index (χ3n) is 8.58. The smallest absolute Gasteiger partial charge is 0.175 e. The van der Waals surface area contributed by atoms with Crippen LogP contribution in [0.3, 0.4) is 0 Å². The van der Waals surface area contributed by atoms with Crippen LogP contribution >= 0.6 is 0 Å². The van der Waals surface area contributed by atoms with E-state index in [0.29, 0.717) is 59.7 Å². The zero-order chi connectivity index (χ0) is 31.8. The maximum atomic E-state index is 16.2. The second-order valence-corrected chi connectivity index (χ2v) is 11.8. The zero-order valence-corrected chi connectivity index (χ0v) is 27.1.